The maximum Gasteiger partial charge on any atom is 0.344 e. The average Bonchev–Trinajstić information content (AvgIpc) is 2.72. The second-order valence-corrected chi connectivity index (χ2v) is 6.72. The highest BCUT2D eigenvalue weighted by molar-refractivity contribution is 8.00. The molecule has 0 bridgehead atoms. The standard InChI is InChI=1S/C15H19N3O3S/c1-4-15(3)13(20)18(14(21)16-15)17-12(19)10(2)22-11-8-6-5-7-9-11/h5-10H,4H2,1-3H3,(H,16,21)(H,17,19). The molecule has 118 valence electrons. The minimum atomic E-state index is -0.958. The van der Waals surface area contributed by atoms with Crippen LogP contribution < -0.4 is 10.7 Å². The average molecular weight is 321 g/mol. The largest absolute Gasteiger partial charge is 0.344 e. The molecule has 22 heavy (non-hydrogen) atoms. The Morgan fingerprint density at radius 2 is 2.00 bits per heavy atom. The summed E-state index contributed by atoms with van der Waals surface area (Å²) in [6.07, 6.45) is 0.457. The summed E-state index contributed by atoms with van der Waals surface area (Å²) < 4.78 is 0. The van der Waals surface area contributed by atoms with E-state index in [4.69, 9.17) is 0 Å². The van der Waals surface area contributed by atoms with Crippen LogP contribution in [0.4, 0.5) is 4.79 Å². The fraction of sp³-hybridized carbons (Fsp3) is 0.400. The second-order valence-electron chi connectivity index (χ2n) is 5.31. The fourth-order valence-corrected chi connectivity index (χ4v) is 2.87. The Morgan fingerprint density at radius 3 is 2.55 bits per heavy atom. The van der Waals surface area contributed by atoms with Crippen molar-refractivity contribution in [2.45, 2.75) is 42.9 Å². The van der Waals surface area contributed by atoms with E-state index in [9.17, 15) is 14.4 Å². The van der Waals surface area contributed by atoms with E-state index in [2.05, 4.69) is 10.7 Å². The van der Waals surface area contributed by atoms with Gasteiger partial charge in [-0.25, -0.2) is 4.79 Å². The van der Waals surface area contributed by atoms with Gasteiger partial charge >= 0.3 is 6.03 Å². The molecule has 1 saturated heterocycles. The van der Waals surface area contributed by atoms with Crippen LogP contribution in [0.25, 0.3) is 0 Å². The van der Waals surface area contributed by atoms with Gasteiger partial charge in [-0.1, -0.05) is 25.1 Å². The van der Waals surface area contributed by atoms with E-state index in [1.807, 2.05) is 30.3 Å². The summed E-state index contributed by atoms with van der Waals surface area (Å²) in [5.74, 6) is -0.831. The summed E-state index contributed by atoms with van der Waals surface area (Å²) in [5.41, 5.74) is 1.44. The predicted molar refractivity (Wildman–Crippen MR) is 84.0 cm³/mol. The highest BCUT2D eigenvalue weighted by Crippen LogP contribution is 2.24. The zero-order valence-electron chi connectivity index (χ0n) is 12.8. The van der Waals surface area contributed by atoms with Gasteiger partial charge in [-0.15, -0.1) is 11.8 Å². The van der Waals surface area contributed by atoms with Gasteiger partial charge in [-0.2, -0.15) is 5.01 Å². The normalized spacial score (nSPS) is 22.4. The number of rotatable bonds is 5. The molecule has 2 rings (SSSR count). The Kier molecular flexibility index (Phi) is 4.75. The Hall–Kier alpha value is -2.02. The van der Waals surface area contributed by atoms with E-state index in [1.54, 1.807) is 20.8 Å². The Balaban J connectivity index is 2.00. The van der Waals surface area contributed by atoms with E-state index in [0.29, 0.717) is 6.42 Å². The first-order valence-electron chi connectivity index (χ1n) is 7.06. The van der Waals surface area contributed by atoms with Crippen LogP contribution in [0.2, 0.25) is 0 Å². The van der Waals surface area contributed by atoms with Crippen molar-refractivity contribution in [2.24, 2.45) is 0 Å². The van der Waals surface area contributed by atoms with Gasteiger partial charge in [0.2, 0.25) is 0 Å². The number of thioether (sulfide) groups is 1. The number of benzene rings is 1. The lowest BCUT2D eigenvalue weighted by atomic mass is 10.00. The predicted octanol–water partition coefficient (Wildman–Crippen LogP) is 1.92. The highest BCUT2D eigenvalue weighted by Gasteiger charge is 2.47. The molecule has 2 N–H and O–H groups in total. The zero-order valence-corrected chi connectivity index (χ0v) is 13.6. The second kappa shape index (κ2) is 6.39. The molecule has 0 aliphatic carbocycles. The molecule has 7 heteroatoms. The first kappa shape index (κ1) is 16.4. The van der Waals surface area contributed by atoms with Crippen LogP contribution in [0.5, 0.6) is 0 Å². The van der Waals surface area contributed by atoms with Crippen molar-refractivity contribution in [3.63, 3.8) is 0 Å². The summed E-state index contributed by atoms with van der Waals surface area (Å²) in [4.78, 5) is 37.2. The number of nitrogens with one attached hydrogen (secondary N) is 2. The van der Waals surface area contributed by atoms with E-state index >= 15 is 0 Å². The van der Waals surface area contributed by atoms with Crippen LogP contribution in [0.1, 0.15) is 27.2 Å². The summed E-state index contributed by atoms with van der Waals surface area (Å²) in [6, 6.07) is 8.87. The number of urea groups is 1. The quantitative estimate of drug-likeness (QED) is 0.641. The SMILES string of the molecule is CCC1(C)NC(=O)N(NC(=O)C(C)Sc2ccccc2)C1=O. The number of nitrogens with zero attached hydrogens (tertiary/aromatic N) is 1. The van der Waals surface area contributed by atoms with Gasteiger partial charge in [0, 0.05) is 4.90 Å². The third-order valence-electron chi connectivity index (χ3n) is 3.62. The molecule has 6 nitrogen and oxygen atoms in total. The molecule has 1 fully saturated rings. The van der Waals surface area contributed by atoms with Gasteiger partial charge in [0.25, 0.3) is 11.8 Å². The summed E-state index contributed by atoms with van der Waals surface area (Å²) in [5, 5.41) is 2.93. The lowest BCUT2D eigenvalue weighted by molar-refractivity contribution is -0.138. The summed E-state index contributed by atoms with van der Waals surface area (Å²) in [7, 11) is 0. The van der Waals surface area contributed by atoms with E-state index in [0.717, 1.165) is 9.90 Å². The number of hydrazine groups is 1. The van der Waals surface area contributed by atoms with Crippen molar-refractivity contribution in [1.29, 1.82) is 0 Å². The van der Waals surface area contributed by atoms with Crippen LogP contribution in [0.15, 0.2) is 35.2 Å². The lowest BCUT2D eigenvalue weighted by Gasteiger charge is -2.20. The molecular weight excluding hydrogens is 302 g/mol. The number of imide groups is 1. The lowest BCUT2D eigenvalue weighted by Crippen LogP contribution is -2.50. The molecule has 4 amide bonds. The van der Waals surface area contributed by atoms with Crippen LogP contribution >= 0.6 is 11.8 Å². The van der Waals surface area contributed by atoms with Gasteiger partial charge in [0.1, 0.15) is 5.54 Å². The molecule has 1 aromatic carbocycles. The summed E-state index contributed by atoms with van der Waals surface area (Å²) in [6.45, 7) is 5.17. The van der Waals surface area contributed by atoms with Crippen LogP contribution in [-0.2, 0) is 9.59 Å². The van der Waals surface area contributed by atoms with Crippen LogP contribution in [-0.4, -0.2) is 33.6 Å². The van der Waals surface area contributed by atoms with Gasteiger partial charge in [0.15, 0.2) is 0 Å². The van der Waals surface area contributed by atoms with E-state index in [1.165, 1.54) is 11.8 Å². The molecule has 0 saturated carbocycles. The van der Waals surface area contributed by atoms with Gasteiger partial charge < -0.3 is 5.32 Å². The molecule has 1 heterocycles. The summed E-state index contributed by atoms with van der Waals surface area (Å²) >= 11 is 1.36. The maximum atomic E-state index is 12.2. The third-order valence-corrected chi connectivity index (χ3v) is 4.73. The fourth-order valence-electron chi connectivity index (χ4n) is 1.98. The third kappa shape index (κ3) is 3.24. The first-order valence-corrected chi connectivity index (χ1v) is 7.94. The Labute approximate surface area is 133 Å². The van der Waals surface area contributed by atoms with Crippen molar-refractivity contribution >= 4 is 29.6 Å². The van der Waals surface area contributed by atoms with E-state index < -0.39 is 28.6 Å². The van der Waals surface area contributed by atoms with Gasteiger partial charge in [0.05, 0.1) is 5.25 Å². The van der Waals surface area contributed by atoms with Gasteiger partial charge in [-0.05, 0) is 32.4 Å². The van der Waals surface area contributed by atoms with Crippen molar-refractivity contribution in [3.8, 4) is 0 Å². The maximum absolute atomic E-state index is 12.2. The molecule has 1 aromatic rings. The number of hydrogen-bond acceptors (Lipinski definition) is 4. The van der Waals surface area contributed by atoms with E-state index in [-0.39, 0.29) is 0 Å². The Morgan fingerprint density at radius 1 is 1.36 bits per heavy atom. The van der Waals surface area contributed by atoms with Crippen LogP contribution in [0.3, 0.4) is 0 Å². The molecule has 0 spiro atoms. The minimum Gasteiger partial charge on any atom is -0.322 e. The minimum absolute atomic E-state index is 0.391. The molecule has 2 unspecified atom stereocenters. The molecule has 0 aromatic heterocycles. The first-order chi connectivity index (χ1) is 10.4. The highest BCUT2D eigenvalue weighted by atomic mass is 32.2. The number of amides is 4. The smallest absolute Gasteiger partial charge is 0.322 e. The monoisotopic (exact) mass is 321 g/mol. The Bertz CT molecular complexity index is 593. The van der Waals surface area contributed by atoms with Crippen molar-refractivity contribution in [2.75, 3.05) is 0 Å². The number of carbonyl (C=O) groups excluding carboxylic acids is 3. The molecule has 2 atom stereocenters. The molecule has 1 aliphatic heterocycles. The van der Waals surface area contributed by atoms with Crippen LogP contribution in [0, 0.1) is 0 Å². The van der Waals surface area contributed by atoms with Crippen molar-refractivity contribution in [3.05, 3.63) is 30.3 Å². The molecule has 0 radical (unpaired) electrons. The zero-order chi connectivity index (χ0) is 16.3. The number of hydrogen-bond donors (Lipinski definition) is 2. The number of carbonyl (C=O) groups is 3. The topological polar surface area (TPSA) is 78.5 Å². The molecular formula is C15H19N3O3S. The van der Waals surface area contributed by atoms with Crippen molar-refractivity contribution in [1.82, 2.24) is 15.8 Å². The van der Waals surface area contributed by atoms with Gasteiger partial charge in [-0.3, -0.25) is 15.0 Å². The van der Waals surface area contributed by atoms with Crippen molar-refractivity contribution < 1.29 is 14.4 Å². The molecule has 1 aliphatic rings.